The van der Waals surface area contributed by atoms with Crippen LogP contribution >= 0.6 is 0 Å². The maximum Gasteiger partial charge on any atom is 0.329 e. The van der Waals surface area contributed by atoms with E-state index in [4.69, 9.17) is 4.74 Å². The van der Waals surface area contributed by atoms with Crippen LogP contribution in [0, 0.1) is 0 Å². The third kappa shape index (κ3) is 3.59. The molecule has 2 rings (SSSR count). The van der Waals surface area contributed by atoms with Gasteiger partial charge in [0.25, 0.3) is 0 Å². The summed E-state index contributed by atoms with van der Waals surface area (Å²) in [6.07, 6.45) is 1.76. The van der Waals surface area contributed by atoms with E-state index >= 15 is 0 Å². The Kier molecular flexibility index (Phi) is 4.77. The van der Waals surface area contributed by atoms with Gasteiger partial charge in [-0.05, 0) is 32.3 Å². The first-order valence-corrected chi connectivity index (χ1v) is 7.12. The zero-order valence-corrected chi connectivity index (χ0v) is 12.0. The third-order valence-electron chi connectivity index (χ3n) is 3.40. The van der Waals surface area contributed by atoms with Crippen LogP contribution in [0.5, 0.6) is 0 Å². The Morgan fingerprint density at radius 3 is 2.65 bits per heavy atom. The van der Waals surface area contributed by atoms with Crippen LogP contribution in [-0.4, -0.2) is 35.5 Å². The van der Waals surface area contributed by atoms with E-state index in [2.05, 4.69) is 0 Å². The number of likely N-dealkylation sites (tertiary alicyclic amines) is 1. The van der Waals surface area contributed by atoms with Gasteiger partial charge in [0.1, 0.15) is 6.04 Å². The van der Waals surface area contributed by atoms with Crippen LogP contribution < -0.4 is 0 Å². The highest BCUT2D eigenvalue weighted by Gasteiger charge is 2.35. The number of carbonyl (C=O) groups is 2. The summed E-state index contributed by atoms with van der Waals surface area (Å²) in [7, 11) is 0. The molecule has 0 aliphatic carbocycles. The van der Waals surface area contributed by atoms with Gasteiger partial charge >= 0.3 is 5.97 Å². The van der Waals surface area contributed by atoms with E-state index in [1.165, 1.54) is 0 Å². The van der Waals surface area contributed by atoms with Crippen molar-refractivity contribution in [3.63, 3.8) is 0 Å². The van der Waals surface area contributed by atoms with Crippen LogP contribution in [0.25, 0.3) is 0 Å². The minimum absolute atomic E-state index is 0.000550. The maximum absolute atomic E-state index is 12.3. The van der Waals surface area contributed by atoms with Gasteiger partial charge in [-0.2, -0.15) is 0 Å². The zero-order valence-electron chi connectivity index (χ0n) is 12.0. The van der Waals surface area contributed by atoms with Crippen molar-refractivity contribution in [3.8, 4) is 0 Å². The maximum atomic E-state index is 12.3. The highest BCUT2D eigenvalue weighted by atomic mass is 16.5. The van der Waals surface area contributed by atoms with Crippen LogP contribution in [0.2, 0.25) is 0 Å². The number of hydrogen-bond donors (Lipinski definition) is 0. The first-order chi connectivity index (χ1) is 9.58. The molecular formula is C16H21NO3. The molecule has 1 amide bonds. The molecule has 1 aromatic carbocycles. The number of ether oxygens (including phenoxy) is 1. The minimum Gasteiger partial charge on any atom is -0.461 e. The van der Waals surface area contributed by atoms with Gasteiger partial charge in [0.15, 0.2) is 0 Å². The highest BCUT2D eigenvalue weighted by molar-refractivity contribution is 5.86. The summed E-state index contributed by atoms with van der Waals surface area (Å²) in [4.78, 5) is 26.0. The second-order valence-corrected chi connectivity index (χ2v) is 5.39. The minimum atomic E-state index is -0.409. The zero-order chi connectivity index (χ0) is 14.5. The quantitative estimate of drug-likeness (QED) is 0.791. The lowest BCUT2D eigenvalue weighted by molar-refractivity contribution is -0.156. The van der Waals surface area contributed by atoms with Crippen molar-refractivity contribution in [3.05, 3.63) is 35.9 Å². The summed E-state index contributed by atoms with van der Waals surface area (Å²) in [5.41, 5.74) is 0.973. The molecule has 1 aliphatic heterocycles. The summed E-state index contributed by atoms with van der Waals surface area (Å²) >= 11 is 0. The molecule has 0 bridgehead atoms. The van der Waals surface area contributed by atoms with Gasteiger partial charge in [-0.25, -0.2) is 4.79 Å². The average Bonchev–Trinajstić information content (AvgIpc) is 2.88. The molecule has 1 unspecified atom stereocenters. The van der Waals surface area contributed by atoms with Crippen LogP contribution in [0.4, 0.5) is 0 Å². The second-order valence-electron chi connectivity index (χ2n) is 5.39. The van der Waals surface area contributed by atoms with Crippen molar-refractivity contribution in [2.24, 2.45) is 0 Å². The first kappa shape index (κ1) is 14.6. The molecule has 0 aromatic heterocycles. The van der Waals surface area contributed by atoms with E-state index in [-0.39, 0.29) is 18.0 Å². The smallest absolute Gasteiger partial charge is 0.329 e. The number of nitrogens with zero attached hydrogens (tertiary/aromatic N) is 1. The SMILES string of the molecule is CC(C)OC(=O)C1CCCN1C(=O)Cc1ccccc1. The standard InChI is InChI=1S/C16H21NO3/c1-12(2)20-16(19)14-9-6-10-17(14)15(18)11-13-7-4-3-5-8-13/h3-5,7-8,12,14H,6,9-11H2,1-2H3. The van der Waals surface area contributed by atoms with Crippen molar-refractivity contribution in [1.29, 1.82) is 0 Å². The molecule has 4 nitrogen and oxygen atoms in total. The van der Waals surface area contributed by atoms with E-state index in [0.29, 0.717) is 19.4 Å². The van der Waals surface area contributed by atoms with E-state index in [1.54, 1.807) is 4.90 Å². The fraction of sp³-hybridized carbons (Fsp3) is 0.500. The van der Waals surface area contributed by atoms with E-state index in [0.717, 1.165) is 12.0 Å². The molecule has 0 saturated carbocycles. The van der Waals surface area contributed by atoms with E-state index in [1.807, 2.05) is 44.2 Å². The van der Waals surface area contributed by atoms with Gasteiger partial charge in [0.2, 0.25) is 5.91 Å². The fourth-order valence-electron chi connectivity index (χ4n) is 2.49. The number of benzene rings is 1. The summed E-state index contributed by atoms with van der Waals surface area (Å²) in [5, 5.41) is 0. The fourth-order valence-corrected chi connectivity index (χ4v) is 2.49. The summed E-state index contributed by atoms with van der Waals surface area (Å²) in [6.45, 7) is 4.29. The van der Waals surface area contributed by atoms with Gasteiger partial charge in [-0.15, -0.1) is 0 Å². The molecular weight excluding hydrogens is 254 g/mol. The van der Waals surface area contributed by atoms with E-state index < -0.39 is 6.04 Å². The largest absolute Gasteiger partial charge is 0.461 e. The molecule has 0 spiro atoms. The van der Waals surface area contributed by atoms with Crippen LogP contribution in [0.3, 0.4) is 0 Å². The Bertz CT molecular complexity index is 470. The van der Waals surface area contributed by atoms with E-state index in [9.17, 15) is 9.59 Å². The Morgan fingerprint density at radius 1 is 1.30 bits per heavy atom. The molecule has 1 fully saturated rings. The van der Waals surface area contributed by atoms with Gasteiger partial charge in [-0.1, -0.05) is 30.3 Å². The molecule has 1 aliphatic rings. The van der Waals surface area contributed by atoms with Crippen molar-refractivity contribution in [1.82, 2.24) is 4.90 Å². The van der Waals surface area contributed by atoms with Crippen molar-refractivity contribution in [2.75, 3.05) is 6.54 Å². The lowest BCUT2D eigenvalue weighted by Crippen LogP contribution is -2.42. The van der Waals surface area contributed by atoms with Gasteiger partial charge < -0.3 is 9.64 Å². The van der Waals surface area contributed by atoms with Crippen molar-refractivity contribution < 1.29 is 14.3 Å². The van der Waals surface area contributed by atoms with Crippen molar-refractivity contribution in [2.45, 2.75) is 45.3 Å². The Morgan fingerprint density at radius 2 is 2.00 bits per heavy atom. The molecule has 4 heteroatoms. The molecule has 108 valence electrons. The average molecular weight is 275 g/mol. The molecule has 1 aromatic rings. The lowest BCUT2D eigenvalue weighted by Gasteiger charge is -2.24. The molecule has 0 N–H and O–H groups in total. The Labute approximate surface area is 119 Å². The summed E-state index contributed by atoms with van der Waals surface area (Å²) < 4.78 is 5.23. The number of carbonyl (C=O) groups excluding carboxylic acids is 2. The van der Waals surface area contributed by atoms with Gasteiger partial charge in [0, 0.05) is 6.54 Å². The molecule has 1 atom stereocenters. The topological polar surface area (TPSA) is 46.6 Å². The van der Waals surface area contributed by atoms with Crippen LogP contribution in [0.1, 0.15) is 32.3 Å². The third-order valence-corrected chi connectivity index (χ3v) is 3.40. The molecule has 0 radical (unpaired) electrons. The van der Waals surface area contributed by atoms with Crippen LogP contribution in [-0.2, 0) is 20.7 Å². The summed E-state index contributed by atoms with van der Waals surface area (Å²) in [6, 6.07) is 9.19. The number of amides is 1. The number of rotatable bonds is 4. The molecule has 1 heterocycles. The highest BCUT2D eigenvalue weighted by Crippen LogP contribution is 2.20. The molecule has 20 heavy (non-hydrogen) atoms. The summed E-state index contributed by atoms with van der Waals surface area (Å²) in [5.74, 6) is -0.279. The normalized spacial score (nSPS) is 18.4. The van der Waals surface area contributed by atoms with Crippen LogP contribution in [0.15, 0.2) is 30.3 Å². The van der Waals surface area contributed by atoms with Gasteiger partial charge in [-0.3, -0.25) is 4.79 Å². The predicted molar refractivity (Wildman–Crippen MR) is 76.1 cm³/mol. The van der Waals surface area contributed by atoms with Crippen molar-refractivity contribution >= 4 is 11.9 Å². The molecule has 1 saturated heterocycles. The van der Waals surface area contributed by atoms with Gasteiger partial charge in [0.05, 0.1) is 12.5 Å². The number of hydrogen-bond acceptors (Lipinski definition) is 3. The number of esters is 1. The monoisotopic (exact) mass is 275 g/mol. The second kappa shape index (κ2) is 6.55. The Hall–Kier alpha value is -1.84. The Balaban J connectivity index is 1.99. The predicted octanol–water partition coefficient (Wildman–Crippen LogP) is 2.17. The lowest BCUT2D eigenvalue weighted by atomic mass is 10.1. The first-order valence-electron chi connectivity index (χ1n) is 7.12.